The minimum atomic E-state index is -0.572. The monoisotopic (exact) mass is 285 g/mol. The summed E-state index contributed by atoms with van der Waals surface area (Å²) in [5, 5.41) is 9.71. The van der Waals surface area contributed by atoms with Gasteiger partial charge in [0.2, 0.25) is 0 Å². The molecule has 6 heteroatoms. The number of carbonyl (C=O) groups is 1. The van der Waals surface area contributed by atoms with Crippen molar-refractivity contribution in [2.24, 2.45) is 0 Å². The van der Waals surface area contributed by atoms with Gasteiger partial charge in [-0.25, -0.2) is 4.39 Å². The molecule has 0 saturated heterocycles. The Morgan fingerprint density at radius 3 is 2.70 bits per heavy atom. The van der Waals surface area contributed by atoms with Gasteiger partial charge in [0, 0.05) is 20.8 Å². The van der Waals surface area contributed by atoms with Gasteiger partial charge in [0.15, 0.2) is 0 Å². The Morgan fingerprint density at radius 1 is 1.40 bits per heavy atom. The van der Waals surface area contributed by atoms with E-state index in [4.69, 9.17) is 9.47 Å². The fourth-order valence-electron chi connectivity index (χ4n) is 1.88. The molecule has 0 bridgehead atoms. The SMILES string of the molecule is COCCN(C(=O)c1cc(F)ccc1O)C(C)COC. The van der Waals surface area contributed by atoms with Crippen LogP contribution in [0.2, 0.25) is 0 Å². The third-order valence-electron chi connectivity index (χ3n) is 2.93. The molecule has 5 nitrogen and oxygen atoms in total. The number of carbonyl (C=O) groups excluding carboxylic acids is 1. The maximum absolute atomic E-state index is 13.2. The number of aromatic hydroxyl groups is 1. The van der Waals surface area contributed by atoms with Crippen LogP contribution in [0.3, 0.4) is 0 Å². The summed E-state index contributed by atoms with van der Waals surface area (Å²) < 4.78 is 23.2. The fourth-order valence-corrected chi connectivity index (χ4v) is 1.88. The summed E-state index contributed by atoms with van der Waals surface area (Å²) in [6, 6.07) is 3.07. The van der Waals surface area contributed by atoms with Crippen molar-refractivity contribution in [1.29, 1.82) is 0 Å². The lowest BCUT2D eigenvalue weighted by atomic mass is 10.1. The summed E-state index contributed by atoms with van der Waals surface area (Å²) in [7, 11) is 3.07. The van der Waals surface area contributed by atoms with Crippen LogP contribution in [0.15, 0.2) is 18.2 Å². The van der Waals surface area contributed by atoms with E-state index in [0.29, 0.717) is 19.8 Å². The zero-order valence-electron chi connectivity index (χ0n) is 11.9. The number of ether oxygens (including phenoxy) is 2. The van der Waals surface area contributed by atoms with Crippen molar-refractivity contribution in [3.63, 3.8) is 0 Å². The van der Waals surface area contributed by atoms with Gasteiger partial charge in [-0.3, -0.25) is 4.79 Å². The van der Waals surface area contributed by atoms with Gasteiger partial charge in [0.1, 0.15) is 11.6 Å². The van der Waals surface area contributed by atoms with Crippen LogP contribution in [0, 0.1) is 5.82 Å². The Morgan fingerprint density at radius 2 is 2.10 bits per heavy atom. The van der Waals surface area contributed by atoms with Crippen molar-refractivity contribution in [3.05, 3.63) is 29.6 Å². The fraction of sp³-hybridized carbons (Fsp3) is 0.500. The first-order valence-electron chi connectivity index (χ1n) is 6.28. The zero-order chi connectivity index (χ0) is 15.1. The first-order chi connectivity index (χ1) is 9.51. The van der Waals surface area contributed by atoms with Crippen LogP contribution in [-0.2, 0) is 9.47 Å². The number of hydrogen-bond donors (Lipinski definition) is 1. The Hall–Kier alpha value is -1.66. The Bertz CT molecular complexity index is 453. The van der Waals surface area contributed by atoms with Gasteiger partial charge >= 0.3 is 0 Å². The van der Waals surface area contributed by atoms with E-state index >= 15 is 0 Å². The highest BCUT2D eigenvalue weighted by atomic mass is 19.1. The van der Waals surface area contributed by atoms with Gasteiger partial charge in [-0.15, -0.1) is 0 Å². The minimum absolute atomic E-state index is 0.0657. The number of amides is 1. The first kappa shape index (κ1) is 16.4. The third-order valence-corrected chi connectivity index (χ3v) is 2.93. The standard InChI is InChI=1S/C14H20FNO4/c1-10(9-20-3)16(6-7-19-2)14(18)12-8-11(15)4-5-13(12)17/h4-5,8,10,17H,6-7,9H2,1-3H3. The van der Waals surface area contributed by atoms with Gasteiger partial charge in [-0.1, -0.05) is 0 Å². The molecule has 0 spiro atoms. The number of rotatable bonds is 7. The minimum Gasteiger partial charge on any atom is -0.507 e. The lowest BCUT2D eigenvalue weighted by Crippen LogP contribution is -2.43. The predicted octanol–water partition coefficient (Wildman–Crippen LogP) is 1.65. The molecule has 0 aliphatic heterocycles. The van der Waals surface area contributed by atoms with E-state index in [2.05, 4.69) is 0 Å². The van der Waals surface area contributed by atoms with Gasteiger partial charge in [-0.2, -0.15) is 0 Å². The number of hydrogen-bond acceptors (Lipinski definition) is 4. The lowest BCUT2D eigenvalue weighted by molar-refractivity contribution is 0.0476. The van der Waals surface area contributed by atoms with Crippen molar-refractivity contribution in [1.82, 2.24) is 4.90 Å². The van der Waals surface area contributed by atoms with Crippen molar-refractivity contribution in [2.75, 3.05) is 34.0 Å². The van der Waals surface area contributed by atoms with Crippen molar-refractivity contribution in [3.8, 4) is 5.75 Å². The quantitative estimate of drug-likeness (QED) is 0.827. The maximum atomic E-state index is 13.2. The number of phenols is 1. The van der Waals surface area contributed by atoms with Crippen LogP contribution >= 0.6 is 0 Å². The summed E-state index contributed by atoms with van der Waals surface area (Å²) in [4.78, 5) is 13.9. The molecule has 0 aliphatic rings. The molecule has 1 N–H and O–H groups in total. The molecule has 1 atom stereocenters. The van der Waals surface area contributed by atoms with Crippen LogP contribution in [0.4, 0.5) is 4.39 Å². The van der Waals surface area contributed by atoms with Gasteiger partial charge < -0.3 is 19.5 Å². The van der Waals surface area contributed by atoms with Crippen LogP contribution in [0.25, 0.3) is 0 Å². The van der Waals surface area contributed by atoms with E-state index < -0.39 is 11.7 Å². The summed E-state index contributed by atoms with van der Waals surface area (Å²) in [6.07, 6.45) is 0. The third kappa shape index (κ3) is 4.18. The van der Waals surface area contributed by atoms with E-state index in [1.165, 1.54) is 19.1 Å². The summed E-state index contributed by atoms with van der Waals surface area (Å²) in [6.45, 7) is 2.82. The highest BCUT2D eigenvalue weighted by molar-refractivity contribution is 5.97. The smallest absolute Gasteiger partial charge is 0.258 e. The van der Waals surface area contributed by atoms with E-state index in [0.717, 1.165) is 18.2 Å². The van der Waals surface area contributed by atoms with E-state index in [1.807, 2.05) is 6.92 Å². The second kappa shape index (κ2) is 7.81. The second-order valence-electron chi connectivity index (χ2n) is 4.46. The number of methoxy groups -OCH3 is 2. The average molecular weight is 285 g/mol. The number of nitrogens with zero attached hydrogens (tertiary/aromatic N) is 1. The molecule has 1 rings (SSSR count). The molecule has 1 amide bonds. The van der Waals surface area contributed by atoms with E-state index in [1.54, 1.807) is 0 Å². The number of phenolic OH excluding ortho intramolecular Hbond substituents is 1. The molecule has 0 radical (unpaired) electrons. The van der Waals surface area contributed by atoms with Gasteiger partial charge in [0.25, 0.3) is 5.91 Å². The van der Waals surface area contributed by atoms with Crippen LogP contribution in [0.1, 0.15) is 17.3 Å². The Kier molecular flexibility index (Phi) is 6.41. The van der Waals surface area contributed by atoms with Gasteiger partial charge in [-0.05, 0) is 25.1 Å². The van der Waals surface area contributed by atoms with Crippen LogP contribution in [0.5, 0.6) is 5.75 Å². The Labute approximate surface area is 117 Å². The molecule has 1 aromatic rings. The van der Waals surface area contributed by atoms with Crippen molar-refractivity contribution < 1.29 is 23.8 Å². The molecule has 1 unspecified atom stereocenters. The Balaban J connectivity index is 2.99. The summed E-state index contributed by atoms with van der Waals surface area (Å²) in [5.41, 5.74) is -0.0657. The molecular formula is C14H20FNO4. The van der Waals surface area contributed by atoms with Crippen LogP contribution in [-0.4, -0.2) is 55.9 Å². The largest absolute Gasteiger partial charge is 0.507 e. The molecule has 0 aliphatic carbocycles. The first-order valence-corrected chi connectivity index (χ1v) is 6.28. The topological polar surface area (TPSA) is 59.0 Å². The zero-order valence-corrected chi connectivity index (χ0v) is 11.9. The molecule has 1 aromatic carbocycles. The molecule has 0 saturated carbocycles. The number of benzene rings is 1. The highest BCUT2D eigenvalue weighted by Crippen LogP contribution is 2.20. The number of halogens is 1. The normalized spacial score (nSPS) is 12.2. The van der Waals surface area contributed by atoms with Crippen LogP contribution < -0.4 is 0 Å². The molecule has 20 heavy (non-hydrogen) atoms. The predicted molar refractivity (Wildman–Crippen MR) is 72.3 cm³/mol. The molecular weight excluding hydrogens is 265 g/mol. The van der Waals surface area contributed by atoms with Gasteiger partial charge in [0.05, 0.1) is 24.8 Å². The maximum Gasteiger partial charge on any atom is 0.258 e. The van der Waals surface area contributed by atoms with Crippen molar-refractivity contribution >= 4 is 5.91 Å². The second-order valence-corrected chi connectivity index (χ2v) is 4.46. The van der Waals surface area contributed by atoms with E-state index in [-0.39, 0.29) is 17.4 Å². The molecule has 0 fully saturated rings. The molecule has 112 valence electrons. The molecule has 0 heterocycles. The highest BCUT2D eigenvalue weighted by Gasteiger charge is 2.24. The average Bonchev–Trinajstić information content (AvgIpc) is 2.42. The summed E-state index contributed by atoms with van der Waals surface area (Å²) in [5.74, 6) is -1.27. The molecule has 0 aromatic heterocycles. The van der Waals surface area contributed by atoms with E-state index in [9.17, 15) is 14.3 Å². The van der Waals surface area contributed by atoms with Crippen molar-refractivity contribution in [2.45, 2.75) is 13.0 Å². The summed E-state index contributed by atoms with van der Waals surface area (Å²) >= 11 is 0. The lowest BCUT2D eigenvalue weighted by Gasteiger charge is -2.29.